The first-order valence-electron chi connectivity index (χ1n) is 5.48. The highest BCUT2D eigenvalue weighted by Crippen LogP contribution is 2.32. The number of carboxylic acids is 1. The van der Waals surface area contributed by atoms with Crippen molar-refractivity contribution in [3.05, 3.63) is 46.4 Å². The highest BCUT2D eigenvalue weighted by atomic mass is 35.5. The van der Waals surface area contributed by atoms with Gasteiger partial charge in [0.2, 0.25) is 5.76 Å². The van der Waals surface area contributed by atoms with Crippen LogP contribution in [0.2, 0.25) is 5.02 Å². The molecule has 0 amide bonds. The van der Waals surface area contributed by atoms with Crippen molar-refractivity contribution in [2.24, 2.45) is 0 Å². The Kier molecular flexibility index (Phi) is 4.07. The van der Waals surface area contributed by atoms with Crippen molar-refractivity contribution in [2.75, 3.05) is 5.73 Å². The van der Waals surface area contributed by atoms with E-state index in [1.807, 2.05) is 6.07 Å². The second-order valence-electron chi connectivity index (χ2n) is 4.01. The predicted octanol–water partition coefficient (Wildman–Crippen LogP) is 3.81. The van der Waals surface area contributed by atoms with E-state index < -0.39 is 5.97 Å². The van der Waals surface area contributed by atoms with Crippen LogP contribution in [0, 0.1) is 6.92 Å². The molecule has 0 atom stereocenters. The molecular weight excluding hydrogens is 286 g/mol. The third-order valence-corrected chi connectivity index (χ3v) is 4.01. The molecule has 3 N–H and O–H groups in total. The Morgan fingerprint density at radius 1 is 1.47 bits per heavy atom. The molecule has 0 saturated carbocycles. The Balaban J connectivity index is 2.10. The molecule has 100 valence electrons. The van der Waals surface area contributed by atoms with Crippen LogP contribution >= 0.6 is 23.4 Å². The zero-order chi connectivity index (χ0) is 14.0. The Bertz CT molecular complexity index is 624. The summed E-state index contributed by atoms with van der Waals surface area (Å²) in [6, 6.07) is 7.00. The van der Waals surface area contributed by atoms with Gasteiger partial charge in [0.1, 0.15) is 5.76 Å². The molecule has 1 heterocycles. The number of nitrogen functional groups attached to an aromatic ring is 1. The summed E-state index contributed by atoms with van der Waals surface area (Å²) in [5.41, 5.74) is 6.84. The third kappa shape index (κ3) is 3.24. The minimum absolute atomic E-state index is 0.0148. The molecule has 0 spiro atoms. The molecule has 19 heavy (non-hydrogen) atoms. The molecule has 4 nitrogen and oxygen atoms in total. The first-order chi connectivity index (χ1) is 8.97. The van der Waals surface area contributed by atoms with Crippen molar-refractivity contribution in [1.29, 1.82) is 0 Å². The fraction of sp³-hybridized carbons (Fsp3) is 0.154. The Morgan fingerprint density at radius 2 is 2.21 bits per heavy atom. The highest BCUT2D eigenvalue weighted by Gasteiger charge is 2.14. The van der Waals surface area contributed by atoms with Gasteiger partial charge in [0.25, 0.3) is 0 Å². The van der Waals surface area contributed by atoms with Gasteiger partial charge in [-0.15, -0.1) is 11.8 Å². The normalized spacial score (nSPS) is 10.6. The molecule has 2 aromatic rings. The summed E-state index contributed by atoms with van der Waals surface area (Å²) < 4.78 is 5.27. The summed E-state index contributed by atoms with van der Waals surface area (Å²) in [6.45, 7) is 1.71. The second kappa shape index (κ2) is 5.59. The smallest absolute Gasteiger partial charge is 0.372 e. The number of anilines is 1. The summed E-state index contributed by atoms with van der Waals surface area (Å²) >= 11 is 7.53. The summed E-state index contributed by atoms with van der Waals surface area (Å²) in [7, 11) is 0. The van der Waals surface area contributed by atoms with Gasteiger partial charge >= 0.3 is 5.97 Å². The van der Waals surface area contributed by atoms with Crippen LogP contribution in [-0.2, 0) is 5.75 Å². The molecule has 0 aliphatic carbocycles. The summed E-state index contributed by atoms with van der Waals surface area (Å²) in [6.07, 6.45) is 0. The number of benzene rings is 1. The fourth-order valence-corrected chi connectivity index (χ4v) is 2.77. The lowest BCUT2D eigenvalue weighted by atomic mass is 10.3. The van der Waals surface area contributed by atoms with Crippen molar-refractivity contribution in [3.8, 4) is 0 Å². The number of aromatic carboxylic acids is 1. The third-order valence-electron chi connectivity index (χ3n) is 2.49. The van der Waals surface area contributed by atoms with Crippen LogP contribution in [0.25, 0.3) is 0 Å². The van der Waals surface area contributed by atoms with E-state index in [0.29, 0.717) is 27.8 Å². The number of carbonyl (C=O) groups is 1. The molecule has 0 unspecified atom stereocenters. The Morgan fingerprint density at radius 3 is 2.79 bits per heavy atom. The number of aryl methyl sites for hydroxylation is 1. The molecule has 0 fully saturated rings. The second-order valence-corrected chi connectivity index (χ2v) is 5.43. The summed E-state index contributed by atoms with van der Waals surface area (Å²) in [4.78, 5) is 11.7. The fourth-order valence-electron chi connectivity index (χ4n) is 1.61. The zero-order valence-electron chi connectivity index (χ0n) is 10.1. The lowest BCUT2D eigenvalue weighted by molar-refractivity contribution is 0.0659. The lowest BCUT2D eigenvalue weighted by Crippen LogP contribution is -1.94. The van der Waals surface area contributed by atoms with Gasteiger partial charge in [0, 0.05) is 16.1 Å². The van der Waals surface area contributed by atoms with Crippen LogP contribution < -0.4 is 5.73 Å². The topological polar surface area (TPSA) is 76.5 Å². The van der Waals surface area contributed by atoms with Gasteiger partial charge in [0.05, 0.1) is 10.8 Å². The van der Waals surface area contributed by atoms with Crippen molar-refractivity contribution >= 4 is 35.0 Å². The lowest BCUT2D eigenvalue weighted by Gasteiger charge is -2.03. The van der Waals surface area contributed by atoms with Crippen molar-refractivity contribution in [3.63, 3.8) is 0 Å². The average Bonchev–Trinajstić information content (AvgIpc) is 2.69. The van der Waals surface area contributed by atoms with Crippen LogP contribution in [0.4, 0.5) is 5.69 Å². The van der Waals surface area contributed by atoms with Crippen LogP contribution in [0.5, 0.6) is 0 Å². The number of rotatable bonds is 4. The first-order valence-corrected chi connectivity index (χ1v) is 6.84. The number of hydrogen-bond donors (Lipinski definition) is 2. The van der Waals surface area contributed by atoms with Crippen LogP contribution in [0.15, 0.2) is 33.6 Å². The monoisotopic (exact) mass is 297 g/mol. The van der Waals surface area contributed by atoms with Gasteiger partial charge in [-0.25, -0.2) is 4.79 Å². The predicted molar refractivity (Wildman–Crippen MR) is 75.8 cm³/mol. The molecule has 0 aliphatic heterocycles. The van der Waals surface area contributed by atoms with E-state index in [9.17, 15) is 4.79 Å². The average molecular weight is 298 g/mol. The quantitative estimate of drug-likeness (QED) is 0.663. The molecule has 0 bridgehead atoms. The molecule has 1 aromatic carbocycles. The Labute approximate surface area is 119 Å². The number of furan rings is 1. The number of thioether (sulfide) groups is 1. The first kappa shape index (κ1) is 13.8. The van der Waals surface area contributed by atoms with Gasteiger partial charge < -0.3 is 15.3 Å². The molecule has 1 aromatic heterocycles. The van der Waals surface area contributed by atoms with E-state index in [-0.39, 0.29) is 5.76 Å². The summed E-state index contributed by atoms with van der Waals surface area (Å²) in [5, 5.41) is 9.48. The molecule has 0 aliphatic rings. The maximum absolute atomic E-state index is 10.9. The van der Waals surface area contributed by atoms with Crippen molar-refractivity contribution < 1.29 is 14.3 Å². The van der Waals surface area contributed by atoms with E-state index in [0.717, 1.165) is 4.90 Å². The van der Waals surface area contributed by atoms with E-state index in [1.165, 1.54) is 11.8 Å². The molecule has 6 heteroatoms. The largest absolute Gasteiger partial charge is 0.475 e. The van der Waals surface area contributed by atoms with Gasteiger partial charge in [-0.1, -0.05) is 11.6 Å². The SMILES string of the molecule is Cc1cc(CSc2ccc(N)cc2Cl)oc1C(=O)O. The van der Waals surface area contributed by atoms with E-state index in [1.54, 1.807) is 25.1 Å². The molecule has 0 radical (unpaired) electrons. The molecule has 0 saturated heterocycles. The number of nitrogens with two attached hydrogens (primary N) is 1. The van der Waals surface area contributed by atoms with Crippen molar-refractivity contribution in [1.82, 2.24) is 0 Å². The minimum Gasteiger partial charge on any atom is -0.475 e. The highest BCUT2D eigenvalue weighted by molar-refractivity contribution is 7.98. The number of halogens is 1. The van der Waals surface area contributed by atoms with E-state index in [4.69, 9.17) is 26.9 Å². The van der Waals surface area contributed by atoms with E-state index >= 15 is 0 Å². The van der Waals surface area contributed by atoms with Gasteiger partial charge in [0.15, 0.2) is 0 Å². The standard InChI is InChI=1S/C13H12ClNO3S/c1-7-4-9(18-12(7)13(16)17)6-19-11-3-2-8(15)5-10(11)14/h2-5H,6,15H2,1H3,(H,16,17). The molecular formula is C13H12ClNO3S. The zero-order valence-corrected chi connectivity index (χ0v) is 11.7. The molecule has 2 rings (SSSR count). The van der Waals surface area contributed by atoms with Crippen LogP contribution in [0.1, 0.15) is 21.9 Å². The number of carboxylic acid groups (broad SMARTS) is 1. The van der Waals surface area contributed by atoms with Crippen LogP contribution in [0.3, 0.4) is 0 Å². The summed E-state index contributed by atoms with van der Waals surface area (Å²) in [5.74, 6) is 0.0451. The van der Waals surface area contributed by atoms with Gasteiger partial charge in [-0.3, -0.25) is 0 Å². The van der Waals surface area contributed by atoms with Gasteiger partial charge in [-0.2, -0.15) is 0 Å². The van der Waals surface area contributed by atoms with Gasteiger partial charge in [-0.05, 0) is 31.2 Å². The van der Waals surface area contributed by atoms with Crippen molar-refractivity contribution in [2.45, 2.75) is 17.6 Å². The Hall–Kier alpha value is -1.59. The maximum Gasteiger partial charge on any atom is 0.372 e. The number of hydrogen-bond acceptors (Lipinski definition) is 4. The van der Waals surface area contributed by atoms with Crippen LogP contribution in [-0.4, -0.2) is 11.1 Å². The van der Waals surface area contributed by atoms with E-state index in [2.05, 4.69) is 0 Å². The minimum atomic E-state index is -1.06. The maximum atomic E-state index is 10.9.